The summed E-state index contributed by atoms with van der Waals surface area (Å²) in [6.45, 7) is 8.71. The predicted octanol–water partition coefficient (Wildman–Crippen LogP) is 3.09. The van der Waals surface area contributed by atoms with Crippen molar-refractivity contribution < 1.29 is 0 Å². The molecule has 0 saturated heterocycles. The first kappa shape index (κ1) is 16.1. The Morgan fingerprint density at radius 1 is 1.40 bits per heavy atom. The quantitative estimate of drug-likeness (QED) is 0.568. The van der Waals surface area contributed by atoms with E-state index < -0.39 is 0 Å². The first-order valence-corrected chi connectivity index (χ1v) is 2.93. The molecule has 0 aromatic carbocycles. The molecule has 0 radical (unpaired) electrons. The first-order valence-electron chi connectivity index (χ1n) is 2.93. The summed E-state index contributed by atoms with van der Waals surface area (Å²) < 4.78 is 0. The van der Waals surface area contributed by atoms with Crippen LogP contribution < -0.4 is 0 Å². The van der Waals surface area contributed by atoms with E-state index in [1.807, 2.05) is 13.0 Å². The van der Waals surface area contributed by atoms with E-state index >= 15 is 0 Å². The maximum absolute atomic E-state index is 7.82. The van der Waals surface area contributed by atoms with Gasteiger partial charge in [-0.2, -0.15) is 5.26 Å². The summed E-state index contributed by atoms with van der Waals surface area (Å²) in [5.41, 5.74) is 0. The molecule has 0 spiro atoms. The van der Waals surface area contributed by atoms with Crippen molar-refractivity contribution in [1.29, 1.82) is 5.26 Å². The van der Waals surface area contributed by atoms with Crippen molar-refractivity contribution in [1.82, 2.24) is 0 Å². The van der Waals surface area contributed by atoms with Gasteiger partial charge in [0.05, 0.1) is 6.07 Å². The van der Waals surface area contributed by atoms with Gasteiger partial charge in [-0.15, -0.1) is 12.4 Å². The highest BCUT2D eigenvalue weighted by Crippen LogP contribution is 1.77. The van der Waals surface area contributed by atoms with Crippen LogP contribution in [0.2, 0.25) is 0 Å². The van der Waals surface area contributed by atoms with Gasteiger partial charge in [0, 0.05) is 6.42 Å². The minimum absolute atomic E-state index is 0. The average Bonchev–Trinajstić information content (AvgIpc) is 1.91. The average molecular weight is 160 g/mol. The summed E-state index contributed by atoms with van der Waals surface area (Å²) >= 11 is 0. The van der Waals surface area contributed by atoms with Gasteiger partial charge in [0.1, 0.15) is 0 Å². The number of unbranched alkanes of at least 4 members (excludes halogenated alkanes) is 1. The number of allylic oxidation sites excluding steroid dienone is 2. The fourth-order valence-corrected chi connectivity index (χ4v) is 0.112. The molecule has 0 aliphatic rings. The standard InChI is InChI=1S/C4H7N.C4H6.ClH/c1-2-3-4-5;1-3-4-2;/h2-3H2,1H3;3-4H,1-2H2;1H. The summed E-state index contributed by atoms with van der Waals surface area (Å²) in [5, 5.41) is 7.82. The Kier molecular flexibility index (Phi) is 38.7. The lowest BCUT2D eigenvalue weighted by atomic mass is 10.4. The molecule has 0 aliphatic carbocycles. The van der Waals surface area contributed by atoms with Gasteiger partial charge in [-0.05, 0) is 6.42 Å². The van der Waals surface area contributed by atoms with Crippen LogP contribution in [-0.4, -0.2) is 0 Å². The highest BCUT2D eigenvalue weighted by atomic mass is 35.5. The van der Waals surface area contributed by atoms with Crippen LogP contribution >= 0.6 is 12.4 Å². The lowest BCUT2D eigenvalue weighted by molar-refractivity contribution is 0.969. The SMILES string of the molecule is C=CC=C.CCCC#N.Cl. The van der Waals surface area contributed by atoms with Crippen LogP contribution in [-0.2, 0) is 0 Å². The van der Waals surface area contributed by atoms with Gasteiger partial charge in [0.25, 0.3) is 0 Å². The summed E-state index contributed by atoms with van der Waals surface area (Å²) in [4.78, 5) is 0. The Labute approximate surface area is 69.5 Å². The molecule has 0 aromatic heterocycles. The summed E-state index contributed by atoms with van der Waals surface area (Å²) in [7, 11) is 0. The number of hydrogen-bond donors (Lipinski definition) is 0. The highest BCUT2D eigenvalue weighted by Gasteiger charge is 1.65. The zero-order chi connectivity index (χ0) is 7.54. The molecule has 0 unspecified atom stereocenters. The second-order valence-corrected chi connectivity index (χ2v) is 1.38. The van der Waals surface area contributed by atoms with E-state index in [9.17, 15) is 0 Å². The van der Waals surface area contributed by atoms with Crippen molar-refractivity contribution in [3.8, 4) is 6.07 Å². The molecule has 2 heteroatoms. The molecule has 0 fully saturated rings. The molecule has 0 heterocycles. The highest BCUT2D eigenvalue weighted by molar-refractivity contribution is 5.85. The molecule has 0 rings (SSSR count). The molecule has 0 saturated carbocycles. The van der Waals surface area contributed by atoms with Crippen LogP contribution in [0, 0.1) is 11.3 Å². The van der Waals surface area contributed by atoms with Crippen molar-refractivity contribution in [2.45, 2.75) is 19.8 Å². The fourth-order valence-electron chi connectivity index (χ4n) is 0.112. The van der Waals surface area contributed by atoms with Crippen molar-refractivity contribution in [2.75, 3.05) is 0 Å². The topological polar surface area (TPSA) is 23.8 Å². The van der Waals surface area contributed by atoms with E-state index in [2.05, 4.69) is 13.2 Å². The van der Waals surface area contributed by atoms with Crippen molar-refractivity contribution >= 4 is 12.4 Å². The van der Waals surface area contributed by atoms with Crippen molar-refractivity contribution in [3.05, 3.63) is 25.3 Å². The molecule has 10 heavy (non-hydrogen) atoms. The Morgan fingerprint density at radius 2 is 1.80 bits per heavy atom. The third kappa shape index (κ3) is 55.7. The summed E-state index contributed by atoms with van der Waals surface area (Å²) in [5.74, 6) is 0. The zero-order valence-electron chi connectivity index (χ0n) is 6.34. The Bertz CT molecular complexity index is 96.3. The Morgan fingerprint density at radius 3 is 1.80 bits per heavy atom. The lowest BCUT2D eigenvalue weighted by Crippen LogP contribution is -1.53. The number of halogens is 1. The first-order chi connectivity index (χ1) is 4.33. The molecule has 0 N–H and O–H groups in total. The second kappa shape index (κ2) is 24.0. The predicted molar refractivity (Wildman–Crippen MR) is 48.2 cm³/mol. The van der Waals surface area contributed by atoms with Crippen LogP contribution in [0.5, 0.6) is 0 Å². The van der Waals surface area contributed by atoms with Crippen molar-refractivity contribution in [2.24, 2.45) is 0 Å². The van der Waals surface area contributed by atoms with Crippen LogP contribution in [0.15, 0.2) is 25.3 Å². The van der Waals surface area contributed by atoms with Gasteiger partial charge >= 0.3 is 0 Å². The summed E-state index contributed by atoms with van der Waals surface area (Å²) in [6.07, 6.45) is 4.95. The molecule has 0 amide bonds. The monoisotopic (exact) mass is 159 g/mol. The molecule has 1 nitrogen and oxygen atoms in total. The molecule has 0 bridgehead atoms. The fraction of sp³-hybridized carbons (Fsp3) is 0.375. The maximum Gasteiger partial charge on any atom is 0.0621 e. The van der Waals surface area contributed by atoms with Crippen molar-refractivity contribution in [3.63, 3.8) is 0 Å². The minimum atomic E-state index is 0. The second-order valence-electron chi connectivity index (χ2n) is 1.38. The van der Waals surface area contributed by atoms with E-state index in [0.717, 1.165) is 6.42 Å². The lowest BCUT2D eigenvalue weighted by Gasteiger charge is -1.65. The smallest absolute Gasteiger partial charge is 0.0621 e. The van der Waals surface area contributed by atoms with Gasteiger partial charge < -0.3 is 0 Å². The molecular formula is C8H14ClN. The number of nitriles is 1. The molecule has 0 aromatic rings. The Hall–Kier alpha value is -0.740. The van der Waals surface area contributed by atoms with E-state index in [4.69, 9.17) is 5.26 Å². The van der Waals surface area contributed by atoms with Crippen LogP contribution in [0.4, 0.5) is 0 Å². The molecule has 58 valence electrons. The van der Waals surface area contributed by atoms with Gasteiger partial charge in [-0.25, -0.2) is 0 Å². The number of hydrogen-bond acceptors (Lipinski definition) is 1. The largest absolute Gasteiger partial charge is 0.198 e. The summed E-state index contributed by atoms with van der Waals surface area (Å²) in [6, 6.07) is 2.02. The van der Waals surface area contributed by atoms with E-state index in [1.54, 1.807) is 12.2 Å². The third-order valence-corrected chi connectivity index (χ3v) is 0.528. The normalized spacial score (nSPS) is 5.20. The van der Waals surface area contributed by atoms with E-state index in [1.165, 1.54) is 0 Å². The van der Waals surface area contributed by atoms with Gasteiger partial charge in [0.15, 0.2) is 0 Å². The van der Waals surface area contributed by atoms with E-state index in [-0.39, 0.29) is 12.4 Å². The van der Waals surface area contributed by atoms with Gasteiger partial charge in [-0.3, -0.25) is 0 Å². The minimum Gasteiger partial charge on any atom is -0.198 e. The van der Waals surface area contributed by atoms with Crippen LogP contribution in [0.3, 0.4) is 0 Å². The molecular weight excluding hydrogens is 146 g/mol. The van der Waals surface area contributed by atoms with Crippen LogP contribution in [0.1, 0.15) is 19.8 Å². The maximum atomic E-state index is 7.82. The van der Waals surface area contributed by atoms with Gasteiger partial charge in [0.2, 0.25) is 0 Å². The molecule has 0 aliphatic heterocycles. The van der Waals surface area contributed by atoms with E-state index in [0.29, 0.717) is 6.42 Å². The number of nitrogens with zero attached hydrogens (tertiary/aromatic N) is 1. The van der Waals surface area contributed by atoms with Gasteiger partial charge in [-0.1, -0.05) is 32.2 Å². The van der Waals surface area contributed by atoms with Crippen LogP contribution in [0.25, 0.3) is 0 Å². The third-order valence-electron chi connectivity index (χ3n) is 0.528. The molecule has 0 atom stereocenters. The Balaban J connectivity index is -0.0000000910. The zero-order valence-corrected chi connectivity index (χ0v) is 7.16. The number of rotatable bonds is 2.